The van der Waals surface area contributed by atoms with E-state index in [1.807, 2.05) is 0 Å². The molecular weight excluding hydrogens is 369 g/mol. The van der Waals surface area contributed by atoms with E-state index in [1.54, 1.807) is 18.2 Å². The van der Waals surface area contributed by atoms with Gasteiger partial charge in [0, 0.05) is 21.1 Å². The van der Waals surface area contributed by atoms with Gasteiger partial charge >= 0.3 is 6.18 Å². The molecule has 1 aromatic heterocycles. The summed E-state index contributed by atoms with van der Waals surface area (Å²) in [6.45, 7) is 0.194. The Hall–Kier alpha value is -1.28. The molecular formula is C13H12BrF3N2OS. The standard InChI is InChI=1S/C13H12BrF3N2OS/c1-2-19(6-13(15,16)17)12(20)11-10(18)8-4-3-7(14)5-9(8)21-11/h3-5H,2,6,18H2,1H3. The molecule has 2 rings (SSSR count). The molecule has 8 heteroatoms. The number of anilines is 1. The molecule has 0 aliphatic heterocycles. The number of nitrogens with zero attached hydrogens (tertiary/aromatic N) is 1. The van der Waals surface area contributed by atoms with Gasteiger partial charge in [0.2, 0.25) is 0 Å². The number of amides is 1. The van der Waals surface area contributed by atoms with Gasteiger partial charge in [0.1, 0.15) is 11.4 Å². The number of hydrogen-bond acceptors (Lipinski definition) is 3. The molecule has 0 spiro atoms. The lowest BCUT2D eigenvalue weighted by Crippen LogP contribution is -2.38. The van der Waals surface area contributed by atoms with Crippen LogP contribution in [0.15, 0.2) is 22.7 Å². The predicted molar refractivity (Wildman–Crippen MR) is 81.6 cm³/mol. The minimum atomic E-state index is -4.43. The van der Waals surface area contributed by atoms with Gasteiger partial charge in [-0.1, -0.05) is 22.0 Å². The lowest BCUT2D eigenvalue weighted by Gasteiger charge is -2.21. The molecule has 1 amide bonds. The Morgan fingerprint density at radius 2 is 2.10 bits per heavy atom. The van der Waals surface area contributed by atoms with Crippen molar-refractivity contribution < 1.29 is 18.0 Å². The lowest BCUT2D eigenvalue weighted by molar-refractivity contribution is -0.140. The molecule has 0 fully saturated rings. The Morgan fingerprint density at radius 3 is 2.67 bits per heavy atom. The summed E-state index contributed by atoms with van der Waals surface area (Å²) in [7, 11) is 0. The van der Waals surface area contributed by atoms with Crippen LogP contribution < -0.4 is 5.73 Å². The number of rotatable bonds is 3. The highest BCUT2D eigenvalue weighted by Crippen LogP contribution is 2.36. The van der Waals surface area contributed by atoms with Crippen LogP contribution in [0.2, 0.25) is 0 Å². The average Bonchev–Trinajstić information content (AvgIpc) is 2.71. The first-order valence-electron chi connectivity index (χ1n) is 6.06. The van der Waals surface area contributed by atoms with Gasteiger partial charge in [0.05, 0.1) is 5.69 Å². The van der Waals surface area contributed by atoms with E-state index in [4.69, 9.17) is 5.73 Å². The van der Waals surface area contributed by atoms with Crippen molar-refractivity contribution >= 4 is 48.9 Å². The number of benzene rings is 1. The summed E-state index contributed by atoms with van der Waals surface area (Å²) in [5, 5.41) is 0.676. The Kier molecular flexibility index (Phi) is 4.48. The van der Waals surface area contributed by atoms with Gasteiger partial charge in [-0.2, -0.15) is 13.2 Å². The molecule has 21 heavy (non-hydrogen) atoms. The third-order valence-corrected chi connectivity index (χ3v) is 4.57. The molecule has 2 N–H and O–H groups in total. The van der Waals surface area contributed by atoms with Gasteiger partial charge in [0.15, 0.2) is 0 Å². The molecule has 0 saturated carbocycles. The van der Waals surface area contributed by atoms with Crippen molar-refractivity contribution in [2.24, 2.45) is 0 Å². The predicted octanol–water partition coefficient (Wildman–Crippen LogP) is 4.27. The zero-order chi connectivity index (χ0) is 15.8. The van der Waals surface area contributed by atoms with Crippen LogP contribution in [-0.4, -0.2) is 30.1 Å². The molecule has 3 nitrogen and oxygen atoms in total. The Bertz CT molecular complexity index is 684. The minimum absolute atomic E-state index is 0.0320. The van der Waals surface area contributed by atoms with Gasteiger partial charge in [-0.05, 0) is 19.1 Å². The van der Waals surface area contributed by atoms with Crippen molar-refractivity contribution in [3.05, 3.63) is 27.5 Å². The summed E-state index contributed by atoms with van der Waals surface area (Å²) in [5.41, 5.74) is 6.14. The zero-order valence-electron chi connectivity index (χ0n) is 11.0. The molecule has 0 radical (unpaired) electrons. The van der Waals surface area contributed by atoms with Crippen molar-refractivity contribution in [1.29, 1.82) is 0 Å². The van der Waals surface area contributed by atoms with Crippen LogP contribution in [0.5, 0.6) is 0 Å². The Balaban J connectivity index is 2.40. The Morgan fingerprint density at radius 1 is 1.43 bits per heavy atom. The highest BCUT2D eigenvalue weighted by Gasteiger charge is 2.33. The largest absolute Gasteiger partial charge is 0.406 e. The molecule has 0 aliphatic carbocycles. The molecule has 0 bridgehead atoms. The second kappa shape index (κ2) is 5.84. The summed E-state index contributed by atoms with van der Waals surface area (Å²) in [4.78, 5) is 13.2. The lowest BCUT2D eigenvalue weighted by atomic mass is 10.2. The molecule has 1 aromatic carbocycles. The van der Waals surface area contributed by atoms with E-state index >= 15 is 0 Å². The van der Waals surface area contributed by atoms with E-state index in [0.717, 1.165) is 25.4 Å². The first kappa shape index (κ1) is 16.1. The topological polar surface area (TPSA) is 46.3 Å². The Labute approximate surface area is 131 Å². The van der Waals surface area contributed by atoms with Crippen LogP contribution in [0.25, 0.3) is 10.1 Å². The number of hydrogen-bond donors (Lipinski definition) is 1. The molecule has 0 saturated heterocycles. The smallest absolute Gasteiger partial charge is 0.397 e. The zero-order valence-corrected chi connectivity index (χ0v) is 13.4. The molecule has 0 unspecified atom stereocenters. The van der Waals surface area contributed by atoms with E-state index in [-0.39, 0.29) is 17.1 Å². The van der Waals surface area contributed by atoms with E-state index in [1.165, 1.54) is 6.92 Å². The van der Waals surface area contributed by atoms with Crippen LogP contribution in [0.3, 0.4) is 0 Å². The summed E-state index contributed by atoms with van der Waals surface area (Å²) >= 11 is 4.41. The molecule has 0 aliphatic rings. The highest BCUT2D eigenvalue weighted by molar-refractivity contribution is 9.10. The number of thiophene rings is 1. The molecule has 114 valence electrons. The fourth-order valence-corrected chi connectivity index (χ4v) is 3.58. The van der Waals surface area contributed by atoms with Crippen LogP contribution in [0.4, 0.5) is 18.9 Å². The second-order valence-electron chi connectivity index (χ2n) is 4.42. The van der Waals surface area contributed by atoms with Crippen LogP contribution >= 0.6 is 27.3 Å². The van der Waals surface area contributed by atoms with Crippen molar-refractivity contribution in [2.45, 2.75) is 13.1 Å². The van der Waals surface area contributed by atoms with Gasteiger partial charge in [-0.15, -0.1) is 11.3 Å². The van der Waals surface area contributed by atoms with Crippen molar-refractivity contribution in [1.82, 2.24) is 4.90 Å². The van der Waals surface area contributed by atoms with Gasteiger partial charge in [0.25, 0.3) is 5.91 Å². The summed E-state index contributed by atoms with van der Waals surface area (Å²) < 4.78 is 39.1. The van der Waals surface area contributed by atoms with E-state index < -0.39 is 18.6 Å². The molecule has 2 aromatic rings. The normalized spacial score (nSPS) is 11.9. The van der Waals surface area contributed by atoms with Crippen LogP contribution in [0, 0.1) is 0 Å². The minimum Gasteiger partial charge on any atom is -0.397 e. The third kappa shape index (κ3) is 3.49. The number of alkyl halides is 3. The maximum absolute atomic E-state index is 12.5. The molecule has 0 atom stereocenters. The van der Waals surface area contributed by atoms with Crippen molar-refractivity contribution in [3.63, 3.8) is 0 Å². The maximum atomic E-state index is 12.5. The number of fused-ring (bicyclic) bond motifs is 1. The summed E-state index contributed by atoms with van der Waals surface area (Å²) in [6, 6.07) is 5.29. The number of nitrogens with two attached hydrogens (primary N) is 1. The first-order chi connectivity index (χ1) is 9.73. The fraction of sp³-hybridized carbons (Fsp3) is 0.308. The van der Waals surface area contributed by atoms with Crippen LogP contribution in [0.1, 0.15) is 16.6 Å². The van der Waals surface area contributed by atoms with Crippen LogP contribution in [-0.2, 0) is 0 Å². The number of nitrogen functional groups attached to an aromatic ring is 1. The van der Waals surface area contributed by atoms with E-state index in [0.29, 0.717) is 5.39 Å². The summed E-state index contributed by atoms with van der Waals surface area (Å²) in [5.74, 6) is -0.690. The summed E-state index contributed by atoms with van der Waals surface area (Å²) in [6.07, 6.45) is -4.43. The maximum Gasteiger partial charge on any atom is 0.406 e. The third-order valence-electron chi connectivity index (χ3n) is 2.92. The van der Waals surface area contributed by atoms with Gasteiger partial charge in [-0.3, -0.25) is 4.79 Å². The number of carbonyl (C=O) groups is 1. The van der Waals surface area contributed by atoms with Gasteiger partial charge in [-0.25, -0.2) is 0 Å². The van der Waals surface area contributed by atoms with Crippen molar-refractivity contribution in [3.8, 4) is 0 Å². The van der Waals surface area contributed by atoms with Gasteiger partial charge < -0.3 is 10.6 Å². The molecule has 1 heterocycles. The highest BCUT2D eigenvalue weighted by atomic mass is 79.9. The second-order valence-corrected chi connectivity index (χ2v) is 6.39. The average molecular weight is 381 g/mol. The number of carbonyl (C=O) groups excluding carboxylic acids is 1. The monoisotopic (exact) mass is 380 g/mol. The fourth-order valence-electron chi connectivity index (χ4n) is 1.94. The van der Waals surface area contributed by atoms with E-state index in [2.05, 4.69) is 15.9 Å². The van der Waals surface area contributed by atoms with E-state index in [9.17, 15) is 18.0 Å². The number of halogens is 4. The first-order valence-corrected chi connectivity index (χ1v) is 7.67. The quantitative estimate of drug-likeness (QED) is 0.863. The SMILES string of the molecule is CCN(CC(F)(F)F)C(=O)c1sc2cc(Br)ccc2c1N. The van der Waals surface area contributed by atoms with Crippen molar-refractivity contribution in [2.75, 3.05) is 18.8 Å².